The largest absolute Gasteiger partial charge is 0.391 e. The smallest absolute Gasteiger partial charge is 0.245 e. The van der Waals surface area contributed by atoms with Crippen LogP contribution in [-0.2, 0) is 4.79 Å². The number of rotatable bonds is 6. The highest BCUT2D eigenvalue weighted by Crippen LogP contribution is 2.25. The van der Waals surface area contributed by atoms with Gasteiger partial charge in [-0.25, -0.2) is 14.4 Å². The molecule has 164 valence electrons. The Kier molecular flexibility index (Phi) is 6.19. The first-order valence-electron chi connectivity index (χ1n) is 10.0. The molecule has 1 saturated heterocycles. The van der Waals surface area contributed by atoms with E-state index in [9.17, 15) is 14.3 Å². The molecule has 3 aromatic rings. The van der Waals surface area contributed by atoms with Crippen molar-refractivity contribution in [3.05, 3.63) is 41.6 Å². The third-order valence-corrected chi connectivity index (χ3v) is 5.46. The number of amides is 1. The minimum absolute atomic E-state index is 0.141. The summed E-state index contributed by atoms with van der Waals surface area (Å²) in [5.74, 6) is -0.145. The van der Waals surface area contributed by atoms with E-state index < -0.39 is 18.0 Å². The van der Waals surface area contributed by atoms with Crippen molar-refractivity contribution in [2.24, 2.45) is 0 Å². The number of aliphatic hydroxyl groups is 1. The van der Waals surface area contributed by atoms with E-state index in [1.165, 1.54) is 31.5 Å². The zero-order valence-corrected chi connectivity index (χ0v) is 17.6. The standard InChI is InChI=1S/C20H23ClFN7O2/c1-11(30)17(26-15-6-12(21)5-13(22)7-15)20(31)27-14-3-2-4-29(9-14)19-16-8-25-28-18(16)23-10-24-19/h5-8,10-11,14,17,26,30H,2-4,9H2,1H3,(H,27,31)(H,23,24,25,28)/t11-,14+,17+/m0/s1. The van der Waals surface area contributed by atoms with Crippen LogP contribution in [0.15, 0.2) is 30.7 Å². The third kappa shape index (κ3) is 4.86. The van der Waals surface area contributed by atoms with E-state index >= 15 is 0 Å². The van der Waals surface area contributed by atoms with Gasteiger partial charge in [-0.3, -0.25) is 9.89 Å². The number of nitrogens with zero attached hydrogens (tertiary/aromatic N) is 4. The summed E-state index contributed by atoms with van der Waals surface area (Å²) in [6.45, 7) is 2.85. The van der Waals surface area contributed by atoms with Crippen molar-refractivity contribution in [2.75, 3.05) is 23.3 Å². The van der Waals surface area contributed by atoms with Crippen LogP contribution in [0.2, 0.25) is 5.02 Å². The molecule has 1 aliphatic rings. The number of hydrogen-bond acceptors (Lipinski definition) is 7. The summed E-state index contributed by atoms with van der Waals surface area (Å²) in [5.41, 5.74) is 0.975. The lowest BCUT2D eigenvalue weighted by molar-refractivity contribution is -0.124. The van der Waals surface area contributed by atoms with Crippen molar-refractivity contribution in [3.63, 3.8) is 0 Å². The van der Waals surface area contributed by atoms with Crippen LogP contribution in [0.3, 0.4) is 0 Å². The number of aromatic amines is 1. The van der Waals surface area contributed by atoms with E-state index in [2.05, 4.69) is 35.7 Å². The maximum Gasteiger partial charge on any atom is 0.245 e. The molecule has 3 heterocycles. The summed E-state index contributed by atoms with van der Waals surface area (Å²) in [5, 5.41) is 23.9. The summed E-state index contributed by atoms with van der Waals surface area (Å²) in [6.07, 6.45) is 3.81. The highest BCUT2D eigenvalue weighted by atomic mass is 35.5. The van der Waals surface area contributed by atoms with Gasteiger partial charge in [0.15, 0.2) is 5.65 Å². The van der Waals surface area contributed by atoms with Crippen molar-refractivity contribution >= 4 is 40.0 Å². The topological polar surface area (TPSA) is 119 Å². The number of carbonyl (C=O) groups excluding carboxylic acids is 1. The second-order valence-electron chi connectivity index (χ2n) is 7.64. The maximum absolute atomic E-state index is 13.6. The Morgan fingerprint density at radius 1 is 1.39 bits per heavy atom. The Hall–Kier alpha value is -2.98. The molecule has 1 fully saturated rings. The van der Waals surface area contributed by atoms with Crippen LogP contribution < -0.4 is 15.5 Å². The Labute approximate surface area is 183 Å². The molecule has 0 spiro atoms. The monoisotopic (exact) mass is 447 g/mol. The van der Waals surface area contributed by atoms with Crippen LogP contribution in [0.1, 0.15) is 19.8 Å². The highest BCUT2D eigenvalue weighted by molar-refractivity contribution is 6.30. The van der Waals surface area contributed by atoms with E-state index in [0.717, 1.165) is 30.6 Å². The normalized spacial score (nSPS) is 18.6. The van der Waals surface area contributed by atoms with Crippen molar-refractivity contribution in [3.8, 4) is 0 Å². The first-order valence-corrected chi connectivity index (χ1v) is 10.4. The maximum atomic E-state index is 13.6. The summed E-state index contributed by atoms with van der Waals surface area (Å²) in [6, 6.07) is 2.79. The Morgan fingerprint density at radius 2 is 2.23 bits per heavy atom. The lowest BCUT2D eigenvalue weighted by Gasteiger charge is -2.35. The molecule has 1 amide bonds. The molecule has 31 heavy (non-hydrogen) atoms. The minimum Gasteiger partial charge on any atom is -0.391 e. The fourth-order valence-corrected chi connectivity index (χ4v) is 4.03. The first-order chi connectivity index (χ1) is 14.9. The van der Waals surface area contributed by atoms with E-state index in [1.807, 2.05) is 0 Å². The van der Waals surface area contributed by atoms with Crippen molar-refractivity contribution in [1.29, 1.82) is 0 Å². The van der Waals surface area contributed by atoms with Gasteiger partial charge in [0.05, 0.1) is 17.7 Å². The number of aliphatic hydroxyl groups excluding tert-OH is 1. The summed E-state index contributed by atoms with van der Waals surface area (Å²) in [4.78, 5) is 23.6. The van der Waals surface area contributed by atoms with E-state index in [0.29, 0.717) is 17.9 Å². The third-order valence-electron chi connectivity index (χ3n) is 5.24. The van der Waals surface area contributed by atoms with Gasteiger partial charge in [-0.05, 0) is 38.0 Å². The van der Waals surface area contributed by atoms with Crippen LogP contribution in [-0.4, -0.2) is 62.5 Å². The Morgan fingerprint density at radius 3 is 3.00 bits per heavy atom. The highest BCUT2D eigenvalue weighted by Gasteiger charge is 2.29. The summed E-state index contributed by atoms with van der Waals surface area (Å²) in [7, 11) is 0. The first kappa shape index (κ1) is 21.3. The molecular formula is C20H23ClFN7O2. The molecule has 1 aliphatic heterocycles. The zero-order valence-electron chi connectivity index (χ0n) is 16.8. The van der Waals surface area contributed by atoms with Crippen LogP contribution in [0.5, 0.6) is 0 Å². The van der Waals surface area contributed by atoms with Gasteiger partial charge in [-0.15, -0.1) is 0 Å². The summed E-state index contributed by atoms with van der Waals surface area (Å²) >= 11 is 5.89. The average Bonchev–Trinajstić information content (AvgIpc) is 3.20. The van der Waals surface area contributed by atoms with Gasteiger partial charge >= 0.3 is 0 Å². The molecule has 0 unspecified atom stereocenters. The van der Waals surface area contributed by atoms with Gasteiger partial charge in [0.2, 0.25) is 5.91 Å². The van der Waals surface area contributed by atoms with Crippen molar-refractivity contribution in [2.45, 2.75) is 38.0 Å². The van der Waals surface area contributed by atoms with Gasteiger partial charge in [0.1, 0.15) is 24.0 Å². The number of piperidine rings is 1. The minimum atomic E-state index is -1.01. The van der Waals surface area contributed by atoms with Gasteiger partial charge in [0.25, 0.3) is 0 Å². The van der Waals surface area contributed by atoms with E-state index in [4.69, 9.17) is 11.6 Å². The second-order valence-corrected chi connectivity index (χ2v) is 8.08. The number of nitrogens with one attached hydrogen (secondary N) is 3. The van der Waals surface area contributed by atoms with Crippen LogP contribution in [0.4, 0.5) is 15.9 Å². The Balaban J connectivity index is 1.45. The molecule has 0 aliphatic carbocycles. The molecule has 0 radical (unpaired) electrons. The SMILES string of the molecule is C[C@H](O)[C@@H](Nc1cc(F)cc(Cl)c1)C(=O)N[C@@H]1CCCN(c2ncnc3[nH]ncc23)C1. The number of anilines is 2. The number of benzene rings is 1. The quantitative estimate of drug-likeness (QED) is 0.456. The number of fused-ring (bicyclic) bond motifs is 1. The predicted molar refractivity (Wildman–Crippen MR) is 116 cm³/mol. The van der Waals surface area contributed by atoms with Gasteiger partial charge in [0, 0.05) is 29.8 Å². The fourth-order valence-electron chi connectivity index (χ4n) is 3.80. The van der Waals surface area contributed by atoms with Crippen molar-refractivity contribution in [1.82, 2.24) is 25.5 Å². The number of carbonyl (C=O) groups is 1. The number of hydrogen-bond donors (Lipinski definition) is 4. The second kappa shape index (κ2) is 9.03. The molecule has 0 bridgehead atoms. The van der Waals surface area contributed by atoms with Gasteiger partial charge in [-0.2, -0.15) is 5.10 Å². The zero-order chi connectivity index (χ0) is 22.0. The lowest BCUT2D eigenvalue weighted by Crippen LogP contribution is -2.54. The Bertz CT molecular complexity index is 1060. The predicted octanol–water partition coefficient (Wildman–Crippen LogP) is 2.09. The molecule has 2 aromatic heterocycles. The average molecular weight is 448 g/mol. The molecule has 3 atom stereocenters. The van der Waals surface area contributed by atoms with Crippen molar-refractivity contribution < 1.29 is 14.3 Å². The van der Waals surface area contributed by atoms with Crippen LogP contribution >= 0.6 is 11.6 Å². The van der Waals surface area contributed by atoms with Crippen LogP contribution in [0.25, 0.3) is 11.0 Å². The van der Waals surface area contributed by atoms with Crippen LogP contribution in [0, 0.1) is 5.82 Å². The molecule has 9 nitrogen and oxygen atoms in total. The molecule has 4 N–H and O–H groups in total. The van der Waals surface area contributed by atoms with Gasteiger partial charge in [-0.1, -0.05) is 11.6 Å². The lowest BCUT2D eigenvalue weighted by atomic mass is 10.0. The molecule has 4 rings (SSSR count). The van der Waals surface area contributed by atoms with E-state index in [1.54, 1.807) is 6.20 Å². The number of aromatic nitrogens is 4. The molecular weight excluding hydrogens is 425 g/mol. The molecule has 0 saturated carbocycles. The molecule has 1 aromatic carbocycles. The summed E-state index contributed by atoms with van der Waals surface area (Å²) < 4.78 is 13.6. The molecule has 11 heteroatoms. The number of halogens is 2. The number of H-pyrrole nitrogens is 1. The van der Waals surface area contributed by atoms with E-state index in [-0.39, 0.29) is 17.0 Å². The van der Waals surface area contributed by atoms with Gasteiger partial charge < -0.3 is 20.6 Å². The fraction of sp³-hybridized carbons (Fsp3) is 0.400.